The van der Waals surface area contributed by atoms with E-state index in [2.05, 4.69) is 38.4 Å². The minimum absolute atomic E-state index is 0.487. The summed E-state index contributed by atoms with van der Waals surface area (Å²) in [5.74, 6) is 0. The van der Waals surface area contributed by atoms with Crippen LogP contribution in [0, 0.1) is 0 Å². The van der Waals surface area contributed by atoms with E-state index in [9.17, 15) is 0 Å². The SMILES string of the molecule is C=CCNC(=S)N/N=C(/C)c1ccc(Br)cc1. The molecule has 17 heavy (non-hydrogen) atoms. The van der Waals surface area contributed by atoms with Crippen molar-refractivity contribution in [3.8, 4) is 0 Å². The Labute approximate surface area is 115 Å². The minimum Gasteiger partial charge on any atom is -0.358 e. The van der Waals surface area contributed by atoms with Crippen LogP contribution in [0.5, 0.6) is 0 Å². The molecule has 0 bridgehead atoms. The summed E-state index contributed by atoms with van der Waals surface area (Å²) in [5.41, 5.74) is 4.70. The van der Waals surface area contributed by atoms with Crippen molar-refractivity contribution >= 4 is 39.0 Å². The number of nitrogens with zero attached hydrogens (tertiary/aromatic N) is 1. The molecule has 0 heterocycles. The van der Waals surface area contributed by atoms with Crippen LogP contribution < -0.4 is 10.7 Å². The van der Waals surface area contributed by atoms with Gasteiger partial charge in [0, 0.05) is 11.0 Å². The van der Waals surface area contributed by atoms with Gasteiger partial charge in [-0.1, -0.05) is 34.1 Å². The highest BCUT2D eigenvalue weighted by Crippen LogP contribution is 2.10. The Kier molecular flexibility index (Phi) is 5.86. The van der Waals surface area contributed by atoms with E-state index in [1.165, 1.54) is 0 Å². The average Bonchev–Trinajstić information content (AvgIpc) is 2.34. The van der Waals surface area contributed by atoms with E-state index in [1.54, 1.807) is 6.08 Å². The van der Waals surface area contributed by atoms with Crippen LogP contribution >= 0.6 is 28.1 Å². The third-order valence-corrected chi connectivity index (χ3v) is 2.76. The lowest BCUT2D eigenvalue weighted by Gasteiger charge is -2.06. The van der Waals surface area contributed by atoms with E-state index in [4.69, 9.17) is 12.2 Å². The molecule has 1 rings (SSSR count). The van der Waals surface area contributed by atoms with Crippen molar-refractivity contribution in [1.82, 2.24) is 10.7 Å². The maximum absolute atomic E-state index is 5.02. The van der Waals surface area contributed by atoms with Gasteiger partial charge < -0.3 is 5.32 Å². The molecule has 2 N–H and O–H groups in total. The van der Waals surface area contributed by atoms with Crippen LogP contribution in [0.15, 0.2) is 46.5 Å². The Balaban J connectivity index is 2.57. The zero-order valence-electron chi connectivity index (χ0n) is 9.53. The highest BCUT2D eigenvalue weighted by molar-refractivity contribution is 9.10. The lowest BCUT2D eigenvalue weighted by Crippen LogP contribution is -2.32. The number of halogens is 1. The van der Waals surface area contributed by atoms with Crippen molar-refractivity contribution in [1.29, 1.82) is 0 Å². The molecule has 1 aromatic rings. The van der Waals surface area contributed by atoms with Gasteiger partial charge >= 0.3 is 0 Å². The van der Waals surface area contributed by atoms with Crippen molar-refractivity contribution in [3.05, 3.63) is 47.0 Å². The average molecular weight is 312 g/mol. The second-order valence-electron chi connectivity index (χ2n) is 3.31. The quantitative estimate of drug-likeness (QED) is 0.388. The molecule has 0 unspecified atom stereocenters. The molecule has 5 heteroatoms. The van der Waals surface area contributed by atoms with Crippen LogP contribution in [0.2, 0.25) is 0 Å². The Morgan fingerprint density at radius 1 is 1.47 bits per heavy atom. The third-order valence-electron chi connectivity index (χ3n) is 1.99. The van der Waals surface area contributed by atoms with Gasteiger partial charge in [0.15, 0.2) is 5.11 Å². The third kappa shape index (κ3) is 5.10. The fraction of sp³-hybridized carbons (Fsp3) is 0.167. The molecule has 0 aliphatic heterocycles. The van der Waals surface area contributed by atoms with Crippen LogP contribution in [0.3, 0.4) is 0 Å². The van der Waals surface area contributed by atoms with Crippen molar-refractivity contribution in [2.75, 3.05) is 6.54 Å². The molecule has 0 atom stereocenters. The van der Waals surface area contributed by atoms with Gasteiger partial charge in [-0.3, -0.25) is 5.43 Å². The molecule has 0 spiro atoms. The fourth-order valence-corrected chi connectivity index (χ4v) is 1.49. The fourth-order valence-electron chi connectivity index (χ4n) is 1.09. The number of benzene rings is 1. The van der Waals surface area contributed by atoms with E-state index in [1.807, 2.05) is 31.2 Å². The van der Waals surface area contributed by atoms with E-state index < -0.39 is 0 Å². The van der Waals surface area contributed by atoms with Gasteiger partial charge in [-0.05, 0) is 36.8 Å². The van der Waals surface area contributed by atoms with Crippen LogP contribution in [0.4, 0.5) is 0 Å². The van der Waals surface area contributed by atoms with Crippen LogP contribution in [0.1, 0.15) is 12.5 Å². The molecule has 0 radical (unpaired) electrons. The maximum atomic E-state index is 5.02. The lowest BCUT2D eigenvalue weighted by atomic mass is 10.1. The molecule has 0 saturated carbocycles. The summed E-state index contributed by atoms with van der Waals surface area (Å²) in [7, 11) is 0. The normalized spacial score (nSPS) is 10.8. The predicted molar refractivity (Wildman–Crippen MR) is 80.3 cm³/mol. The van der Waals surface area contributed by atoms with Crippen LogP contribution in [0.25, 0.3) is 0 Å². The first-order valence-electron chi connectivity index (χ1n) is 5.08. The van der Waals surface area contributed by atoms with Crippen molar-refractivity contribution in [2.45, 2.75) is 6.92 Å². The molecule has 0 aromatic heterocycles. The zero-order chi connectivity index (χ0) is 12.7. The first kappa shape index (κ1) is 13.9. The number of nitrogens with one attached hydrogen (secondary N) is 2. The first-order valence-corrected chi connectivity index (χ1v) is 6.28. The Bertz CT molecular complexity index is 426. The summed E-state index contributed by atoms with van der Waals surface area (Å²) in [6.07, 6.45) is 1.74. The zero-order valence-corrected chi connectivity index (χ0v) is 11.9. The molecular formula is C12H14BrN3S. The Hall–Kier alpha value is -1.20. The van der Waals surface area contributed by atoms with E-state index >= 15 is 0 Å². The standard InChI is InChI=1S/C12H14BrN3S/c1-3-8-14-12(17)16-15-9(2)10-4-6-11(13)7-5-10/h3-7H,1,8H2,2H3,(H2,14,16,17)/b15-9-. The summed E-state index contributed by atoms with van der Waals surface area (Å²) < 4.78 is 1.05. The summed E-state index contributed by atoms with van der Waals surface area (Å²) in [5, 5.41) is 7.61. The number of hydrogen-bond donors (Lipinski definition) is 2. The Morgan fingerprint density at radius 3 is 2.71 bits per heavy atom. The van der Waals surface area contributed by atoms with Gasteiger partial charge in [-0.25, -0.2) is 0 Å². The van der Waals surface area contributed by atoms with Gasteiger partial charge in [0.1, 0.15) is 0 Å². The largest absolute Gasteiger partial charge is 0.358 e. The van der Waals surface area contributed by atoms with Crippen molar-refractivity contribution in [2.24, 2.45) is 5.10 Å². The van der Waals surface area contributed by atoms with Crippen molar-refractivity contribution < 1.29 is 0 Å². The number of rotatable bonds is 4. The molecule has 0 aliphatic carbocycles. The van der Waals surface area contributed by atoms with Gasteiger partial charge in [-0.2, -0.15) is 5.10 Å². The summed E-state index contributed by atoms with van der Waals surface area (Å²) >= 11 is 8.41. The second-order valence-corrected chi connectivity index (χ2v) is 4.64. The lowest BCUT2D eigenvalue weighted by molar-refractivity contribution is 0.936. The van der Waals surface area contributed by atoms with Gasteiger partial charge in [0.2, 0.25) is 0 Å². The molecule has 0 saturated heterocycles. The smallest absolute Gasteiger partial charge is 0.187 e. The van der Waals surface area contributed by atoms with Gasteiger partial charge in [-0.15, -0.1) is 6.58 Å². The van der Waals surface area contributed by atoms with Gasteiger partial charge in [0.05, 0.1) is 5.71 Å². The molecule has 3 nitrogen and oxygen atoms in total. The van der Waals surface area contributed by atoms with E-state index in [0.29, 0.717) is 11.7 Å². The maximum Gasteiger partial charge on any atom is 0.187 e. The molecule has 90 valence electrons. The first-order chi connectivity index (χ1) is 8.13. The Morgan fingerprint density at radius 2 is 2.12 bits per heavy atom. The summed E-state index contributed by atoms with van der Waals surface area (Å²) in [6.45, 7) is 6.14. The highest BCUT2D eigenvalue weighted by Gasteiger charge is 1.97. The number of thiocarbonyl (C=S) groups is 1. The summed E-state index contributed by atoms with van der Waals surface area (Å²) in [4.78, 5) is 0. The topological polar surface area (TPSA) is 36.4 Å². The summed E-state index contributed by atoms with van der Waals surface area (Å²) in [6, 6.07) is 7.93. The minimum atomic E-state index is 0.487. The number of hydrazone groups is 1. The monoisotopic (exact) mass is 311 g/mol. The molecular weight excluding hydrogens is 298 g/mol. The molecule has 0 aliphatic rings. The highest BCUT2D eigenvalue weighted by atomic mass is 79.9. The second kappa shape index (κ2) is 7.19. The van der Waals surface area contributed by atoms with Gasteiger partial charge in [0.25, 0.3) is 0 Å². The van der Waals surface area contributed by atoms with Crippen LogP contribution in [-0.4, -0.2) is 17.4 Å². The van der Waals surface area contributed by atoms with Crippen molar-refractivity contribution in [3.63, 3.8) is 0 Å². The van der Waals surface area contributed by atoms with E-state index in [-0.39, 0.29) is 0 Å². The van der Waals surface area contributed by atoms with E-state index in [0.717, 1.165) is 15.7 Å². The molecule has 1 aromatic carbocycles. The predicted octanol–water partition coefficient (Wildman–Crippen LogP) is 2.82. The molecule has 0 fully saturated rings. The number of hydrogen-bond acceptors (Lipinski definition) is 2. The molecule has 0 amide bonds. The van der Waals surface area contributed by atoms with Crippen LogP contribution in [-0.2, 0) is 0 Å².